The van der Waals surface area contributed by atoms with Gasteiger partial charge in [0.05, 0.1) is 12.1 Å². The molecule has 2 aromatic carbocycles. The first-order valence-electron chi connectivity index (χ1n) is 10.4. The minimum atomic E-state index is -0.276. The van der Waals surface area contributed by atoms with E-state index in [0.717, 1.165) is 50.0 Å². The van der Waals surface area contributed by atoms with Gasteiger partial charge in [0.2, 0.25) is 5.91 Å². The van der Waals surface area contributed by atoms with Crippen LogP contribution in [-0.4, -0.2) is 54.5 Å². The average molecular weight is 472 g/mol. The fourth-order valence-corrected chi connectivity index (χ4v) is 4.39. The van der Waals surface area contributed by atoms with E-state index in [1.165, 1.54) is 24.3 Å². The van der Waals surface area contributed by atoms with Crippen molar-refractivity contribution in [2.24, 2.45) is 0 Å². The molecule has 0 saturated carbocycles. The van der Waals surface area contributed by atoms with Crippen molar-refractivity contribution in [3.8, 4) is 0 Å². The van der Waals surface area contributed by atoms with Crippen LogP contribution in [0.15, 0.2) is 48.5 Å². The third-order valence-electron chi connectivity index (χ3n) is 5.97. The van der Waals surface area contributed by atoms with Crippen LogP contribution in [0.5, 0.6) is 0 Å². The molecule has 1 N–H and O–H groups in total. The molecule has 1 amide bonds. The summed E-state index contributed by atoms with van der Waals surface area (Å²) in [6, 6.07) is 12.8. The zero-order valence-corrected chi connectivity index (χ0v) is 18.9. The molecule has 0 spiro atoms. The molecule has 2 aliphatic heterocycles. The lowest BCUT2D eigenvalue weighted by molar-refractivity contribution is -0.136. The molecule has 2 heterocycles. The summed E-state index contributed by atoms with van der Waals surface area (Å²) in [5, 5.41) is 3.34. The van der Waals surface area contributed by atoms with Crippen LogP contribution in [0.1, 0.15) is 36.4 Å². The molecule has 0 radical (unpaired) electrons. The number of rotatable bonds is 4. The lowest BCUT2D eigenvalue weighted by Gasteiger charge is -2.41. The van der Waals surface area contributed by atoms with Crippen LogP contribution in [0.3, 0.4) is 0 Å². The fourth-order valence-electron chi connectivity index (χ4n) is 4.39. The van der Waals surface area contributed by atoms with E-state index in [0.29, 0.717) is 13.1 Å². The lowest BCUT2D eigenvalue weighted by Crippen LogP contribution is -2.55. The number of carbonyl (C=O) groups is 1. The van der Waals surface area contributed by atoms with Gasteiger partial charge in [-0.3, -0.25) is 9.69 Å². The summed E-state index contributed by atoms with van der Waals surface area (Å²) in [4.78, 5) is 17.0. The van der Waals surface area contributed by atoms with E-state index in [-0.39, 0.29) is 54.4 Å². The Kier molecular flexibility index (Phi) is 9.69. The number of nitrogens with zero attached hydrogens (tertiary/aromatic N) is 2. The van der Waals surface area contributed by atoms with E-state index >= 15 is 0 Å². The SMILES string of the molecule is Cl.Cl.O=C(C1CCCCN1)N1CCN(C(c2ccc(F)cc2)c2ccc(F)cc2)CC1. The number of hydrogen-bond donors (Lipinski definition) is 1. The number of amides is 1. The zero-order chi connectivity index (χ0) is 20.2. The van der Waals surface area contributed by atoms with Crippen LogP contribution in [0, 0.1) is 11.6 Å². The summed E-state index contributed by atoms with van der Waals surface area (Å²) in [5.41, 5.74) is 1.93. The van der Waals surface area contributed by atoms with Gasteiger partial charge < -0.3 is 10.2 Å². The topological polar surface area (TPSA) is 35.6 Å². The number of benzene rings is 2. The lowest BCUT2D eigenvalue weighted by atomic mass is 9.96. The first-order valence-corrected chi connectivity index (χ1v) is 10.4. The van der Waals surface area contributed by atoms with Gasteiger partial charge in [0.15, 0.2) is 0 Å². The smallest absolute Gasteiger partial charge is 0.239 e. The van der Waals surface area contributed by atoms with Crippen molar-refractivity contribution in [3.05, 3.63) is 71.3 Å². The fraction of sp³-hybridized carbons (Fsp3) is 0.435. The second kappa shape index (κ2) is 11.8. The van der Waals surface area contributed by atoms with E-state index in [1.54, 1.807) is 24.3 Å². The van der Waals surface area contributed by atoms with Gasteiger partial charge in [-0.05, 0) is 54.8 Å². The summed E-state index contributed by atoms with van der Waals surface area (Å²) < 4.78 is 26.9. The van der Waals surface area contributed by atoms with E-state index in [2.05, 4.69) is 10.2 Å². The molecule has 4 nitrogen and oxygen atoms in total. The normalized spacial score (nSPS) is 19.5. The highest BCUT2D eigenvalue weighted by Crippen LogP contribution is 2.30. The third-order valence-corrected chi connectivity index (χ3v) is 5.97. The first-order chi connectivity index (χ1) is 14.1. The van der Waals surface area contributed by atoms with Gasteiger partial charge in [0, 0.05) is 26.2 Å². The highest BCUT2D eigenvalue weighted by Gasteiger charge is 2.31. The molecule has 2 aliphatic rings. The van der Waals surface area contributed by atoms with Gasteiger partial charge in [-0.15, -0.1) is 24.8 Å². The Balaban J connectivity index is 0.00000171. The van der Waals surface area contributed by atoms with Crippen LogP contribution >= 0.6 is 24.8 Å². The molecular formula is C23H29Cl2F2N3O. The van der Waals surface area contributed by atoms with Crippen molar-refractivity contribution in [3.63, 3.8) is 0 Å². The maximum Gasteiger partial charge on any atom is 0.239 e. The second-order valence-corrected chi connectivity index (χ2v) is 7.87. The standard InChI is InChI=1S/C23H27F2N3O.2ClH/c24-19-8-4-17(5-9-19)22(18-6-10-20(25)11-7-18)27-13-15-28(16-14-27)23(29)21-3-1-2-12-26-21;;/h4-11,21-22,26H,1-3,12-16H2;2*1H. The molecule has 0 aromatic heterocycles. The summed E-state index contributed by atoms with van der Waals surface area (Å²) in [6.45, 7) is 3.68. The Morgan fingerprint density at radius 1 is 0.839 bits per heavy atom. The Morgan fingerprint density at radius 2 is 1.35 bits per heavy atom. The second-order valence-electron chi connectivity index (χ2n) is 7.87. The number of carbonyl (C=O) groups excluding carboxylic acids is 1. The third kappa shape index (κ3) is 6.16. The first kappa shape index (κ1) is 25.5. The highest BCUT2D eigenvalue weighted by molar-refractivity contribution is 5.85. The molecule has 2 fully saturated rings. The van der Waals surface area contributed by atoms with Crippen LogP contribution in [0.25, 0.3) is 0 Å². The van der Waals surface area contributed by atoms with E-state index in [9.17, 15) is 13.6 Å². The monoisotopic (exact) mass is 471 g/mol. The number of hydrogen-bond acceptors (Lipinski definition) is 3. The molecule has 31 heavy (non-hydrogen) atoms. The highest BCUT2D eigenvalue weighted by atomic mass is 35.5. The van der Waals surface area contributed by atoms with Crippen molar-refractivity contribution in [1.29, 1.82) is 0 Å². The van der Waals surface area contributed by atoms with Gasteiger partial charge >= 0.3 is 0 Å². The Hall–Kier alpha value is -1.73. The van der Waals surface area contributed by atoms with E-state index in [1.807, 2.05) is 4.90 Å². The molecule has 2 saturated heterocycles. The van der Waals surface area contributed by atoms with Crippen molar-refractivity contribution in [1.82, 2.24) is 15.1 Å². The predicted octanol–water partition coefficient (Wildman–Crippen LogP) is 4.18. The summed E-state index contributed by atoms with van der Waals surface area (Å²) >= 11 is 0. The van der Waals surface area contributed by atoms with Crippen LogP contribution in [-0.2, 0) is 4.79 Å². The van der Waals surface area contributed by atoms with Gasteiger partial charge in [-0.25, -0.2) is 8.78 Å². The van der Waals surface area contributed by atoms with E-state index < -0.39 is 0 Å². The van der Waals surface area contributed by atoms with Crippen molar-refractivity contribution in [2.45, 2.75) is 31.3 Å². The molecule has 0 bridgehead atoms. The maximum absolute atomic E-state index is 13.5. The Morgan fingerprint density at radius 3 is 1.81 bits per heavy atom. The molecule has 1 unspecified atom stereocenters. The molecule has 0 aliphatic carbocycles. The molecule has 1 atom stereocenters. The number of nitrogens with one attached hydrogen (secondary N) is 1. The largest absolute Gasteiger partial charge is 0.339 e. The number of piperazine rings is 1. The minimum Gasteiger partial charge on any atom is -0.339 e. The van der Waals surface area contributed by atoms with Crippen molar-refractivity contribution in [2.75, 3.05) is 32.7 Å². The minimum absolute atomic E-state index is 0. The summed E-state index contributed by atoms with van der Waals surface area (Å²) in [7, 11) is 0. The molecular weight excluding hydrogens is 443 g/mol. The van der Waals surface area contributed by atoms with Gasteiger partial charge in [-0.1, -0.05) is 30.7 Å². The molecule has 8 heteroatoms. The number of halogens is 4. The predicted molar refractivity (Wildman–Crippen MR) is 123 cm³/mol. The molecule has 2 aromatic rings. The molecule has 4 rings (SSSR count). The Bertz CT molecular complexity index is 776. The maximum atomic E-state index is 13.5. The van der Waals surface area contributed by atoms with Gasteiger partial charge in [0.1, 0.15) is 11.6 Å². The quantitative estimate of drug-likeness (QED) is 0.726. The summed E-state index contributed by atoms with van der Waals surface area (Å²) in [6.07, 6.45) is 3.14. The van der Waals surface area contributed by atoms with Crippen LogP contribution < -0.4 is 5.32 Å². The van der Waals surface area contributed by atoms with Crippen LogP contribution in [0.4, 0.5) is 8.78 Å². The summed E-state index contributed by atoms with van der Waals surface area (Å²) in [5.74, 6) is -0.353. The van der Waals surface area contributed by atoms with Crippen molar-refractivity contribution < 1.29 is 13.6 Å². The van der Waals surface area contributed by atoms with Gasteiger partial charge in [-0.2, -0.15) is 0 Å². The Labute approximate surface area is 194 Å². The van der Waals surface area contributed by atoms with Crippen LogP contribution in [0.2, 0.25) is 0 Å². The average Bonchev–Trinajstić information content (AvgIpc) is 2.77. The van der Waals surface area contributed by atoms with Gasteiger partial charge in [0.25, 0.3) is 0 Å². The number of piperidine rings is 1. The van der Waals surface area contributed by atoms with E-state index in [4.69, 9.17) is 0 Å². The van der Waals surface area contributed by atoms with Crippen molar-refractivity contribution >= 4 is 30.7 Å². The zero-order valence-electron chi connectivity index (χ0n) is 17.3. The molecule has 170 valence electrons.